The monoisotopic (exact) mass is 575 g/mol. The van der Waals surface area contributed by atoms with E-state index in [0.29, 0.717) is 5.02 Å². The van der Waals surface area contributed by atoms with E-state index in [9.17, 15) is 22.8 Å². The molecule has 8 nitrogen and oxygen atoms in total. The topological polar surface area (TPSA) is 92.5 Å². The first-order chi connectivity index (χ1) is 17.5. The zero-order valence-corrected chi connectivity index (χ0v) is 22.1. The lowest BCUT2D eigenvalue weighted by atomic mass is 9.90. The van der Waals surface area contributed by atoms with Crippen LogP contribution in [0.1, 0.15) is 26.8 Å². The van der Waals surface area contributed by atoms with Crippen LogP contribution in [0.3, 0.4) is 0 Å². The van der Waals surface area contributed by atoms with Crippen LogP contribution in [0.25, 0.3) is 11.3 Å². The van der Waals surface area contributed by atoms with Crippen LogP contribution < -0.4 is 0 Å². The molecule has 1 fully saturated rings. The van der Waals surface area contributed by atoms with Crippen LogP contribution >= 0.6 is 34.7 Å². The van der Waals surface area contributed by atoms with Gasteiger partial charge in [0.1, 0.15) is 23.8 Å². The van der Waals surface area contributed by atoms with Gasteiger partial charge >= 0.3 is 11.9 Å². The van der Waals surface area contributed by atoms with Gasteiger partial charge in [0.15, 0.2) is 23.6 Å². The van der Waals surface area contributed by atoms with Gasteiger partial charge in [0.2, 0.25) is 0 Å². The Labute approximate surface area is 223 Å². The second-order valence-electron chi connectivity index (χ2n) is 8.31. The van der Waals surface area contributed by atoms with Crippen LogP contribution in [0.5, 0.6) is 0 Å². The summed E-state index contributed by atoms with van der Waals surface area (Å²) in [4.78, 5) is 23.5. The number of hydrogen-bond acceptors (Lipinski definition) is 9. The summed E-state index contributed by atoms with van der Waals surface area (Å²) in [7, 11) is 0. The molecule has 1 aliphatic heterocycles. The van der Waals surface area contributed by atoms with Crippen LogP contribution in [0.2, 0.25) is 5.02 Å². The number of benzene rings is 1. The first-order valence-electron chi connectivity index (χ1n) is 11.0. The Morgan fingerprint density at radius 1 is 1.19 bits per heavy atom. The zero-order valence-electron chi connectivity index (χ0n) is 19.7. The van der Waals surface area contributed by atoms with E-state index in [2.05, 4.69) is 10.3 Å². The average Bonchev–Trinajstić information content (AvgIpc) is 3.47. The van der Waals surface area contributed by atoms with Crippen molar-refractivity contribution in [2.75, 3.05) is 6.61 Å². The molecule has 2 aromatic heterocycles. The van der Waals surface area contributed by atoms with E-state index in [4.69, 9.17) is 25.8 Å². The van der Waals surface area contributed by atoms with Crippen molar-refractivity contribution in [2.24, 2.45) is 5.92 Å². The van der Waals surface area contributed by atoms with Gasteiger partial charge in [0, 0.05) is 30.7 Å². The molecule has 198 valence electrons. The number of rotatable bonds is 7. The Kier molecular flexibility index (Phi) is 8.46. The third kappa shape index (κ3) is 6.28. The summed E-state index contributed by atoms with van der Waals surface area (Å²) in [5, 5.41) is 10.5. The molecule has 1 aromatic carbocycles. The molecule has 0 spiro atoms. The molecule has 5 atom stereocenters. The van der Waals surface area contributed by atoms with Crippen LogP contribution in [-0.4, -0.2) is 51.2 Å². The molecule has 0 saturated carbocycles. The molecule has 0 bridgehead atoms. The highest BCUT2D eigenvalue weighted by Gasteiger charge is 2.48. The zero-order chi connectivity index (χ0) is 26.9. The van der Waals surface area contributed by atoms with Crippen LogP contribution in [0.4, 0.5) is 13.2 Å². The molecule has 0 amide bonds. The highest BCUT2D eigenvalue weighted by molar-refractivity contribution is 8.01. The minimum absolute atomic E-state index is 0.0259. The number of carbonyl (C=O) groups excluding carboxylic acids is 2. The molecular weight excluding hydrogens is 555 g/mol. The standard InChI is InChI=1S/C23H21ClF3N3O5S2/c1-10-21(30-7-17(28-29-30)13-4-15(25)20(27)16(26)5-13)22(34-12(3)32)18(8-33-11(2)31)35-23(10)37-19-6-14(24)9-36-19/h4-7,9-10,18,21-23H,8H2,1-3H3/t10?,18?,21-,22+,23-/m1/s1. The quantitative estimate of drug-likeness (QED) is 0.278. The second kappa shape index (κ2) is 11.4. The van der Waals surface area contributed by atoms with Crippen molar-refractivity contribution in [1.29, 1.82) is 0 Å². The number of aromatic nitrogens is 3. The molecule has 2 unspecified atom stereocenters. The molecule has 0 radical (unpaired) electrons. The van der Waals surface area contributed by atoms with Gasteiger partial charge < -0.3 is 14.2 Å². The van der Waals surface area contributed by atoms with Gasteiger partial charge in [-0.15, -0.1) is 16.4 Å². The fraction of sp³-hybridized carbons (Fsp3) is 0.391. The van der Waals surface area contributed by atoms with Crippen LogP contribution in [-0.2, 0) is 23.8 Å². The van der Waals surface area contributed by atoms with Crippen molar-refractivity contribution in [1.82, 2.24) is 15.0 Å². The number of carbonyl (C=O) groups is 2. The van der Waals surface area contributed by atoms with Gasteiger partial charge in [-0.1, -0.05) is 35.5 Å². The summed E-state index contributed by atoms with van der Waals surface area (Å²) in [6.07, 6.45) is -0.399. The Hall–Kier alpha value is -2.61. The van der Waals surface area contributed by atoms with Crippen LogP contribution in [0.15, 0.2) is 34.0 Å². The van der Waals surface area contributed by atoms with Gasteiger partial charge in [-0.05, 0) is 18.2 Å². The Morgan fingerprint density at radius 2 is 1.89 bits per heavy atom. The Balaban J connectivity index is 1.72. The second-order valence-corrected chi connectivity index (χ2v) is 11.1. The first kappa shape index (κ1) is 27.4. The van der Waals surface area contributed by atoms with Crippen molar-refractivity contribution >= 4 is 46.6 Å². The Morgan fingerprint density at radius 3 is 2.49 bits per heavy atom. The van der Waals surface area contributed by atoms with Crippen molar-refractivity contribution in [3.63, 3.8) is 0 Å². The molecule has 4 rings (SSSR count). The van der Waals surface area contributed by atoms with Crippen LogP contribution in [0, 0.1) is 23.4 Å². The number of halogens is 4. The number of nitrogens with zero attached hydrogens (tertiary/aromatic N) is 3. The minimum Gasteiger partial charge on any atom is -0.463 e. The number of thioether (sulfide) groups is 1. The molecule has 14 heteroatoms. The SMILES string of the molecule is CC(=O)OCC1O[C@H](Sc2cc(Cl)cs2)C(C)[C@@H](n2cc(-c3cc(F)c(F)c(F)c3)nn2)[C@H]1OC(C)=O. The average molecular weight is 576 g/mol. The highest BCUT2D eigenvalue weighted by Crippen LogP contribution is 2.45. The third-order valence-electron chi connectivity index (χ3n) is 5.60. The molecule has 3 heterocycles. The van der Waals surface area contributed by atoms with Crippen molar-refractivity contribution in [2.45, 2.75) is 48.7 Å². The molecular formula is C23H21ClF3N3O5S2. The summed E-state index contributed by atoms with van der Waals surface area (Å²) in [6.45, 7) is 4.13. The lowest BCUT2D eigenvalue weighted by Gasteiger charge is -2.44. The number of thiophene rings is 1. The van der Waals surface area contributed by atoms with Gasteiger partial charge in [0.25, 0.3) is 0 Å². The number of hydrogen-bond donors (Lipinski definition) is 0. The van der Waals surface area contributed by atoms with Gasteiger partial charge in [-0.3, -0.25) is 9.59 Å². The summed E-state index contributed by atoms with van der Waals surface area (Å²) in [6, 6.07) is 2.73. The molecule has 37 heavy (non-hydrogen) atoms. The van der Waals surface area contributed by atoms with Crippen molar-refractivity contribution in [3.05, 3.63) is 52.3 Å². The molecule has 1 saturated heterocycles. The van der Waals surface area contributed by atoms with E-state index in [1.807, 2.05) is 6.92 Å². The summed E-state index contributed by atoms with van der Waals surface area (Å²) < 4.78 is 60.4. The maximum absolute atomic E-state index is 13.8. The molecule has 0 aliphatic carbocycles. The molecule has 1 aliphatic rings. The number of esters is 2. The lowest BCUT2D eigenvalue weighted by molar-refractivity contribution is -0.191. The van der Waals surface area contributed by atoms with Gasteiger partial charge in [-0.25, -0.2) is 17.9 Å². The first-order valence-corrected chi connectivity index (χ1v) is 13.1. The fourth-order valence-corrected chi connectivity index (χ4v) is 6.49. The van der Waals surface area contributed by atoms with E-state index < -0.39 is 53.1 Å². The predicted molar refractivity (Wildman–Crippen MR) is 130 cm³/mol. The largest absolute Gasteiger partial charge is 0.463 e. The summed E-state index contributed by atoms with van der Waals surface area (Å²) in [5.41, 5.74) is -0.466. The maximum atomic E-state index is 13.8. The smallest absolute Gasteiger partial charge is 0.303 e. The van der Waals surface area contributed by atoms with Crippen molar-refractivity contribution < 1.29 is 37.0 Å². The summed E-state index contributed by atoms with van der Waals surface area (Å²) in [5.74, 6) is -5.83. The number of ether oxygens (including phenoxy) is 3. The van der Waals surface area contributed by atoms with Gasteiger partial charge in [0.05, 0.1) is 21.5 Å². The molecule has 0 N–H and O–H groups in total. The van der Waals surface area contributed by atoms with E-state index in [1.165, 1.54) is 47.8 Å². The normalized spacial score (nSPS) is 23.6. The lowest BCUT2D eigenvalue weighted by Crippen LogP contribution is -2.53. The summed E-state index contributed by atoms with van der Waals surface area (Å²) >= 11 is 8.88. The maximum Gasteiger partial charge on any atom is 0.303 e. The van der Waals surface area contributed by atoms with E-state index >= 15 is 0 Å². The minimum atomic E-state index is -1.59. The van der Waals surface area contributed by atoms with E-state index in [0.717, 1.165) is 16.3 Å². The van der Waals surface area contributed by atoms with E-state index in [1.54, 1.807) is 11.4 Å². The fourth-order valence-electron chi connectivity index (χ4n) is 3.98. The highest BCUT2D eigenvalue weighted by atomic mass is 35.5. The Bertz CT molecular complexity index is 1280. The third-order valence-corrected chi connectivity index (χ3v) is 8.37. The predicted octanol–water partition coefficient (Wildman–Crippen LogP) is 5.27. The molecule has 3 aromatic rings. The van der Waals surface area contributed by atoms with Gasteiger partial charge in [-0.2, -0.15) is 0 Å². The van der Waals surface area contributed by atoms with E-state index in [-0.39, 0.29) is 23.8 Å². The van der Waals surface area contributed by atoms with Crippen molar-refractivity contribution in [3.8, 4) is 11.3 Å².